The average molecular weight is 570 g/mol. The first-order valence-electron chi connectivity index (χ1n) is 14.3. The van der Waals surface area contributed by atoms with Crippen LogP contribution in [0.5, 0.6) is 0 Å². The van der Waals surface area contributed by atoms with Crippen LogP contribution in [-0.4, -0.2) is 25.5 Å². The Bertz CT molecular complexity index is 1590. The van der Waals surface area contributed by atoms with Crippen LogP contribution in [0.1, 0.15) is 50.7 Å². The van der Waals surface area contributed by atoms with E-state index in [-0.39, 0.29) is 0 Å². The van der Waals surface area contributed by atoms with E-state index in [0.717, 1.165) is 66.7 Å². The van der Waals surface area contributed by atoms with Gasteiger partial charge in [0.05, 0.1) is 21.6 Å². The van der Waals surface area contributed by atoms with Crippen LogP contribution in [0.2, 0.25) is 0 Å². The van der Waals surface area contributed by atoms with Crippen molar-refractivity contribution >= 4 is 43.4 Å². The lowest BCUT2D eigenvalue weighted by atomic mass is 9.99. The Kier molecular flexibility index (Phi) is 8.72. The van der Waals surface area contributed by atoms with E-state index in [4.69, 9.17) is 0 Å². The fourth-order valence-corrected chi connectivity index (χ4v) is 7.18. The van der Waals surface area contributed by atoms with E-state index < -0.39 is 21.6 Å². The highest BCUT2D eigenvalue weighted by molar-refractivity contribution is 7.84. The number of nitrogens with zero attached hydrogens (tertiary/aromatic N) is 1. The zero-order chi connectivity index (χ0) is 28.4. The van der Waals surface area contributed by atoms with Crippen LogP contribution in [0.25, 0.3) is 44.1 Å². The van der Waals surface area contributed by atoms with Crippen molar-refractivity contribution in [3.63, 3.8) is 0 Å². The third-order valence-electron chi connectivity index (χ3n) is 8.00. The lowest BCUT2D eigenvalue weighted by molar-refractivity contribution is 0.686. The molecule has 0 radical (unpaired) electrons. The van der Waals surface area contributed by atoms with Crippen LogP contribution >= 0.6 is 0 Å². The van der Waals surface area contributed by atoms with Crippen molar-refractivity contribution in [2.45, 2.75) is 62.2 Å². The molecule has 5 aromatic rings. The van der Waals surface area contributed by atoms with Crippen molar-refractivity contribution in [1.29, 1.82) is 0 Å². The highest BCUT2D eigenvalue weighted by atomic mass is 32.2. The number of aromatic nitrogens is 1. The molecule has 0 fully saturated rings. The van der Waals surface area contributed by atoms with Gasteiger partial charge in [-0.15, -0.1) is 0 Å². The van der Waals surface area contributed by atoms with Crippen molar-refractivity contribution in [2.75, 3.05) is 12.5 Å². The maximum Gasteiger partial charge on any atom is 0.0504 e. The molecular formula is C35H39NO2S2. The first-order chi connectivity index (χ1) is 19.3. The maximum atomic E-state index is 13.0. The summed E-state index contributed by atoms with van der Waals surface area (Å²) in [5, 5.41) is 2.08. The Hall–Kier alpha value is -3.02. The summed E-state index contributed by atoms with van der Waals surface area (Å²) in [5.74, 6) is 0. The molecule has 0 N–H and O–H groups in total. The van der Waals surface area contributed by atoms with Crippen molar-refractivity contribution < 1.29 is 8.42 Å². The quantitative estimate of drug-likeness (QED) is 0.169. The number of rotatable bonds is 10. The van der Waals surface area contributed by atoms with Gasteiger partial charge in [0.1, 0.15) is 0 Å². The molecule has 2 unspecified atom stereocenters. The van der Waals surface area contributed by atoms with Crippen LogP contribution in [0, 0.1) is 0 Å². The van der Waals surface area contributed by atoms with E-state index >= 15 is 0 Å². The Morgan fingerprint density at radius 3 is 1.30 bits per heavy atom. The second kappa shape index (κ2) is 12.2. The summed E-state index contributed by atoms with van der Waals surface area (Å²) < 4.78 is 28.2. The first kappa shape index (κ1) is 28.5. The highest BCUT2D eigenvalue weighted by Crippen LogP contribution is 2.39. The molecule has 0 amide bonds. The Labute approximate surface area is 243 Å². The molecule has 208 valence electrons. The van der Waals surface area contributed by atoms with Gasteiger partial charge >= 0.3 is 0 Å². The molecular weight excluding hydrogens is 531 g/mol. The highest BCUT2D eigenvalue weighted by Gasteiger charge is 2.19. The minimum absolute atomic E-state index is 0.826. The number of benzene rings is 4. The Morgan fingerprint density at radius 1 is 0.600 bits per heavy atom. The molecule has 0 saturated carbocycles. The van der Waals surface area contributed by atoms with Crippen molar-refractivity contribution in [3.8, 4) is 22.3 Å². The van der Waals surface area contributed by atoms with E-state index in [1.807, 2.05) is 0 Å². The van der Waals surface area contributed by atoms with Gasteiger partial charge in [-0.1, -0.05) is 75.2 Å². The second-order valence-corrected chi connectivity index (χ2v) is 13.5. The molecule has 0 aliphatic heterocycles. The van der Waals surface area contributed by atoms with Gasteiger partial charge in [-0.3, -0.25) is 8.42 Å². The van der Waals surface area contributed by atoms with E-state index in [0.29, 0.717) is 0 Å². The Morgan fingerprint density at radius 2 is 0.975 bits per heavy atom. The van der Waals surface area contributed by atoms with Gasteiger partial charge in [0.15, 0.2) is 0 Å². The summed E-state index contributed by atoms with van der Waals surface area (Å²) in [6, 6.07) is 25.9. The summed E-state index contributed by atoms with van der Waals surface area (Å²) in [4.78, 5) is 1.65. The van der Waals surface area contributed by atoms with Crippen LogP contribution in [0.3, 0.4) is 0 Å². The molecule has 0 aliphatic carbocycles. The molecule has 5 heteroatoms. The summed E-state index contributed by atoms with van der Waals surface area (Å²) in [6.07, 6.45) is 10.4. The SMILES string of the molecule is CCCCc1ccc(-c2cc3c(cc2S(C)=O)c2cc(S(C)=O)c(-c4ccc(CCCC)cc4)cc2n3C)cc1. The molecule has 0 spiro atoms. The molecule has 2 atom stereocenters. The zero-order valence-electron chi connectivity index (χ0n) is 24.3. The minimum atomic E-state index is -1.16. The van der Waals surface area contributed by atoms with Gasteiger partial charge in [0.25, 0.3) is 0 Å². The second-order valence-electron chi connectivity index (χ2n) is 10.8. The third kappa shape index (κ3) is 5.59. The van der Waals surface area contributed by atoms with Crippen LogP contribution in [-0.2, 0) is 41.5 Å². The first-order valence-corrected chi connectivity index (χ1v) is 17.4. The molecule has 5 rings (SSSR count). The third-order valence-corrected chi connectivity index (χ3v) is 9.91. The topological polar surface area (TPSA) is 39.1 Å². The van der Waals surface area contributed by atoms with Crippen molar-refractivity contribution in [3.05, 3.63) is 83.9 Å². The van der Waals surface area contributed by atoms with Gasteiger partial charge < -0.3 is 4.57 Å². The van der Waals surface area contributed by atoms with Gasteiger partial charge in [0, 0.05) is 51.2 Å². The molecule has 1 aromatic heterocycles. The standard InChI is InChI=1S/C35H39NO2S2/c1-6-8-10-24-12-16-26(17-13-24)28-20-32-30(22-34(28)39(4)37)31-23-35(40(5)38)29(21-33(31)36(32)3)27-18-14-25(15-19-27)11-9-7-2/h12-23H,6-11H2,1-5H3. The fourth-order valence-electron chi connectivity index (χ4n) is 5.64. The number of fused-ring (bicyclic) bond motifs is 3. The zero-order valence-corrected chi connectivity index (χ0v) is 25.9. The number of aryl methyl sites for hydroxylation is 3. The van der Waals surface area contributed by atoms with Gasteiger partial charge in [0.2, 0.25) is 0 Å². The smallest absolute Gasteiger partial charge is 0.0504 e. The van der Waals surface area contributed by atoms with E-state index in [9.17, 15) is 8.42 Å². The van der Waals surface area contributed by atoms with Crippen LogP contribution < -0.4 is 0 Å². The molecule has 3 nitrogen and oxygen atoms in total. The van der Waals surface area contributed by atoms with E-state index in [1.165, 1.54) is 36.8 Å². The monoisotopic (exact) mass is 569 g/mol. The predicted molar refractivity (Wildman–Crippen MR) is 173 cm³/mol. The normalized spacial score (nSPS) is 13.2. The lowest BCUT2D eigenvalue weighted by Gasteiger charge is -2.11. The summed E-state index contributed by atoms with van der Waals surface area (Å²) in [7, 11) is -0.238. The van der Waals surface area contributed by atoms with Crippen molar-refractivity contribution in [2.24, 2.45) is 7.05 Å². The summed E-state index contributed by atoms with van der Waals surface area (Å²) in [6.45, 7) is 4.43. The predicted octanol–water partition coefficient (Wildman–Crippen LogP) is 8.83. The Balaban J connectivity index is 1.67. The van der Waals surface area contributed by atoms with Gasteiger partial charge in [-0.2, -0.15) is 0 Å². The van der Waals surface area contributed by atoms with E-state index in [2.05, 4.69) is 98.3 Å². The largest absolute Gasteiger partial charge is 0.344 e. The molecule has 0 bridgehead atoms. The van der Waals surface area contributed by atoms with Gasteiger partial charge in [-0.05, 0) is 83.3 Å². The van der Waals surface area contributed by atoms with Crippen molar-refractivity contribution in [1.82, 2.24) is 4.57 Å². The summed E-state index contributed by atoms with van der Waals surface area (Å²) >= 11 is 0. The van der Waals surface area contributed by atoms with Crippen LogP contribution in [0.15, 0.2) is 82.6 Å². The number of hydrogen-bond donors (Lipinski definition) is 0. The van der Waals surface area contributed by atoms with Crippen LogP contribution in [0.4, 0.5) is 0 Å². The molecule has 0 saturated heterocycles. The van der Waals surface area contributed by atoms with Gasteiger partial charge in [-0.25, -0.2) is 0 Å². The molecule has 0 aliphatic rings. The number of hydrogen-bond acceptors (Lipinski definition) is 2. The molecule has 40 heavy (non-hydrogen) atoms. The van der Waals surface area contributed by atoms with E-state index in [1.54, 1.807) is 12.5 Å². The molecule has 1 heterocycles. The maximum absolute atomic E-state index is 13.0. The average Bonchev–Trinajstić information content (AvgIpc) is 3.24. The lowest BCUT2D eigenvalue weighted by Crippen LogP contribution is -1.95. The molecule has 4 aromatic carbocycles. The summed E-state index contributed by atoms with van der Waals surface area (Å²) in [5.41, 5.74) is 8.99. The number of unbranched alkanes of at least 4 members (excludes halogenated alkanes) is 2. The fraction of sp³-hybridized carbons (Fsp3) is 0.314. The minimum Gasteiger partial charge on any atom is -0.344 e.